The van der Waals surface area contributed by atoms with Gasteiger partial charge < -0.3 is 19.6 Å². The molecule has 6 aliphatic carbocycles. The molecule has 1 aromatic heterocycles. The monoisotopic (exact) mass is 767 g/mol. The summed E-state index contributed by atoms with van der Waals surface area (Å²) in [6, 6.07) is 7.86. The van der Waals surface area contributed by atoms with Crippen LogP contribution in [0.2, 0.25) is 0 Å². The van der Waals surface area contributed by atoms with Gasteiger partial charge in [-0.1, -0.05) is 52.3 Å². The summed E-state index contributed by atoms with van der Waals surface area (Å²) < 4.78 is 12.3. The van der Waals surface area contributed by atoms with Gasteiger partial charge in [-0.15, -0.1) is 10.2 Å². The first-order valence-corrected chi connectivity index (χ1v) is 21.4. The Morgan fingerprint density at radius 2 is 1.64 bits per heavy atom. The maximum absolute atomic E-state index is 14.4. The van der Waals surface area contributed by atoms with Crippen molar-refractivity contribution in [3.63, 3.8) is 0 Å². The zero-order chi connectivity index (χ0) is 40.1. The fourth-order valence-corrected chi connectivity index (χ4v) is 13.0. The lowest BCUT2D eigenvalue weighted by Crippen LogP contribution is -2.60. The molecule has 1 heterocycles. The molecule has 2 aromatic rings. The molecule has 5 fully saturated rings. The molecule has 1 aromatic carbocycles. The van der Waals surface area contributed by atoms with E-state index in [1.165, 1.54) is 5.57 Å². The van der Waals surface area contributed by atoms with Crippen LogP contribution in [0.3, 0.4) is 0 Å². The van der Waals surface area contributed by atoms with Crippen LogP contribution in [0.1, 0.15) is 124 Å². The quantitative estimate of drug-likeness (QED) is 0.253. The molecule has 2 N–H and O–H groups in total. The Labute approximate surface area is 331 Å². The number of Topliss-reactive ketones (excluding diaryl/α,β-unsaturated/α-hetero) is 1. The fourth-order valence-electron chi connectivity index (χ4n) is 13.0. The third-order valence-corrected chi connectivity index (χ3v) is 16.3. The molecule has 1 amide bonds. The predicted octanol–water partition coefficient (Wildman–Crippen LogP) is 8.27. The molecule has 5 saturated carbocycles. The highest BCUT2D eigenvalue weighted by atomic mass is 16.5. The number of ketones is 1. The molecular weight excluding hydrogens is 707 g/mol. The second-order valence-corrected chi connectivity index (χ2v) is 19.9. The molecule has 56 heavy (non-hydrogen) atoms. The van der Waals surface area contributed by atoms with Gasteiger partial charge in [-0.3, -0.25) is 19.2 Å². The predicted molar refractivity (Wildman–Crippen MR) is 210 cm³/mol. The van der Waals surface area contributed by atoms with Crippen molar-refractivity contribution >= 4 is 23.6 Å². The van der Waals surface area contributed by atoms with Crippen molar-refractivity contribution in [2.24, 2.45) is 64.6 Å². The minimum Gasteiger partial charge on any atom is -0.481 e. The number of ether oxygens (including phenoxy) is 1. The topological polar surface area (TPSA) is 149 Å². The van der Waals surface area contributed by atoms with E-state index in [0.29, 0.717) is 42.4 Å². The van der Waals surface area contributed by atoms with Crippen molar-refractivity contribution in [2.75, 3.05) is 0 Å². The first-order chi connectivity index (χ1) is 26.5. The number of nitrogens with zero attached hydrogens (tertiary/aromatic N) is 2. The van der Waals surface area contributed by atoms with Crippen LogP contribution in [-0.4, -0.2) is 50.6 Å². The molecule has 302 valence electrons. The number of aromatic nitrogens is 2. The van der Waals surface area contributed by atoms with Crippen LogP contribution in [-0.2, 0) is 29.3 Å². The number of rotatable bonds is 8. The van der Waals surface area contributed by atoms with Gasteiger partial charge in [0.2, 0.25) is 17.7 Å². The minimum absolute atomic E-state index is 0.0683. The number of hydrogen-bond acceptors (Lipinski definition) is 8. The van der Waals surface area contributed by atoms with Crippen LogP contribution in [0.25, 0.3) is 11.5 Å². The Morgan fingerprint density at radius 1 is 0.929 bits per heavy atom. The fraction of sp³-hybridized carbons (Fsp3) is 0.696. The van der Waals surface area contributed by atoms with E-state index < -0.39 is 22.8 Å². The summed E-state index contributed by atoms with van der Waals surface area (Å²) >= 11 is 0. The number of carboxylic acids is 1. The van der Waals surface area contributed by atoms with Crippen molar-refractivity contribution in [3.05, 3.63) is 46.9 Å². The third-order valence-electron chi connectivity index (χ3n) is 16.3. The third kappa shape index (κ3) is 6.09. The minimum atomic E-state index is -1.11. The zero-order valence-electron chi connectivity index (χ0n) is 34.5. The Kier molecular flexibility index (Phi) is 9.71. The first-order valence-electron chi connectivity index (χ1n) is 21.4. The molecule has 0 aliphatic heterocycles. The maximum atomic E-state index is 14.4. The molecule has 0 spiro atoms. The standard InChI is InChI=1S/C46H61N3O7/c1-23(2)37-35(50)22-46(47-42(54)44(6,7)43-49-48-39(56-43)27-11-9-24(3)10-12-27)20-17-28-29-13-15-33-26(5)36(55-41(53)32-21-31(25(32)4)40(51)52)18-19-45(33,8)34(29)16-14-30(28)38(37)46/h9-12,23,25-26,28-34,36H,13-22H2,1-8H3,(H,47,54)(H,51,52). The van der Waals surface area contributed by atoms with Crippen molar-refractivity contribution in [2.45, 2.75) is 137 Å². The Balaban J connectivity index is 0.994. The molecule has 0 saturated heterocycles. The highest BCUT2D eigenvalue weighted by Gasteiger charge is 2.62. The van der Waals surface area contributed by atoms with Gasteiger partial charge in [0.1, 0.15) is 11.5 Å². The lowest BCUT2D eigenvalue weighted by Gasteiger charge is -2.63. The summed E-state index contributed by atoms with van der Waals surface area (Å²) in [5.41, 5.74) is 2.39. The molecule has 10 heteroatoms. The smallest absolute Gasteiger partial charge is 0.309 e. The summed E-state index contributed by atoms with van der Waals surface area (Å²) in [6.07, 6.45) is 8.45. The molecule has 0 radical (unpaired) electrons. The Bertz CT molecular complexity index is 1950. The second-order valence-electron chi connectivity index (χ2n) is 19.9. The van der Waals surface area contributed by atoms with Gasteiger partial charge in [-0.05, 0) is 155 Å². The summed E-state index contributed by atoms with van der Waals surface area (Å²) in [4.78, 5) is 53.2. The molecule has 12 atom stereocenters. The lowest BCUT2D eigenvalue weighted by molar-refractivity contribution is -0.184. The first kappa shape index (κ1) is 39.0. The Morgan fingerprint density at radius 3 is 2.32 bits per heavy atom. The number of fused-ring (bicyclic) bond motifs is 7. The van der Waals surface area contributed by atoms with Crippen LogP contribution in [0.4, 0.5) is 0 Å². The van der Waals surface area contributed by atoms with Gasteiger partial charge in [0.15, 0.2) is 5.78 Å². The van der Waals surface area contributed by atoms with E-state index in [1.807, 2.05) is 52.0 Å². The number of benzene rings is 1. The largest absolute Gasteiger partial charge is 0.481 e. The highest BCUT2D eigenvalue weighted by molar-refractivity contribution is 6.02. The van der Waals surface area contributed by atoms with Gasteiger partial charge >= 0.3 is 11.9 Å². The molecule has 12 unspecified atom stereocenters. The van der Waals surface area contributed by atoms with Crippen molar-refractivity contribution in [1.29, 1.82) is 0 Å². The second kappa shape index (κ2) is 13.9. The number of nitrogens with one attached hydrogen (secondary N) is 1. The summed E-state index contributed by atoms with van der Waals surface area (Å²) in [5.74, 6) is 1.19. The van der Waals surface area contributed by atoms with Crippen LogP contribution in [0, 0.1) is 71.5 Å². The number of allylic oxidation sites excluding steroid dienone is 1. The highest BCUT2D eigenvalue weighted by Crippen LogP contribution is 2.66. The lowest BCUT2D eigenvalue weighted by atomic mass is 9.43. The number of hydrogen-bond donors (Lipinski definition) is 2. The molecule has 6 aliphatic rings. The van der Waals surface area contributed by atoms with Crippen LogP contribution < -0.4 is 5.32 Å². The number of carbonyl (C=O) groups excluding carboxylic acids is 3. The van der Waals surface area contributed by atoms with Gasteiger partial charge in [0.25, 0.3) is 0 Å². The number of aryl methyl sites for hydroxylation is 1. The van der Waals surface area contributed by atoms with E-state index >= 15 is 0 Å². The number of carboxylic acid groups (broad SMARTS) is 1. The van der Waals surface area contributed by atoms with Crippen molar-refractivity contribution in [3.8, 4) is 11.5 Å². The van der Waals surface area contributed by atoms with Crippen LogP contribution in [0.15, 0.2) is 39.8 Å². The average molecular weight is 768 g/mol. The van der Waals surface area contributed by atoms with E-state index in [0.717, 1.165) is 68.1 Å². The van der Waals surface area contributed by atoms with Crippen molar-refractivity contribution in [1.82, 2.24) is 15.5 Å². The molecule has 8 rings (SSSR count). The summed E-state index contributed by atoms with van der Waals surface area (Å²) in [5, 5.41) is 21.6. The van der Waals surface area contributed by atoms with Gasteiger partial charge in [-0.2, -0.15) is 0 Å². The summed E-state index contributed by atoms with van der Waals surface area (Å²) in [7, 11) is 0. The van der Waals surface area contributed by atoms with E-state index in [-0.39, 0.29) is 64.7 Å². The maximum Gasteiger partial charge on any atom is 0.309 e. The van der Waals surface area contributed by atoms with Gasteiger partial charge in [0, 0.05) is 12.0 Å². The zero-order valence-corrected chi connectivity index (χ0v) is 34.5. The summed E-state index contributed by atoms with van der Waals surface area (Å²) in [6.45, 7) is 16.6. The van der Waals surface area contributed by atoms with Crippen molar-refractivity contribution < 1.29 is 33.4 Å². The normalized spacial score (nSPS) is 37.8. The van der Waals surface area contributed by atoms with Gasteiger partial charge in [0.05, 0.1) is 17.4 Å². The van der Waals surface area contributed by atoms with Crippen LogP contribution >= 0.6 is 0 Å². The van der Waals surface area contributed by atoms with Crippen LogP contribution in [0.5, 0.6) is 0 Å². The molecule has 0 bridgehead atoms. The number of carbonyl (C=O) groups is 4. The number of aliphatic carboxylic acids is 1. The Hall–Kier alpha value is -3.82. The van der Waals surface area contributed by atoms with E-state index in [9.17, 15) is 24.3 Å². The van der Waals surface area contributed by atoms with E-state index in [4.69, 9.17) is 9.15 Å². The SMILES string of the molecule is Cc1ccc(-c2nnc(C(C)(C)C(=O)NC34CCC5C(CCC6C5CCC5C(C)C(OC(=O)C7CC(C(=O)O)C7C)CCC56C)C3=C(C(C)C)C(=O)C4)o2)cc1. The number of amides is 1. The average Bonchev–Trinajstić information content (AvgIpc) is 3.75. The molecular formula is C46H61N3O7. The molecule has 10 nitrogen and oxygen atoms in total. The van der Waals surface area contributed by atoms with E-state index in [1.54, 1.807) is 0 Å². The van der Waals surface area contributed by atoms with E-state index in [2.05, 4.69) is 43.2 Å². The number of esters is 1. The van der Waals surface area contributed by atoms with Gasteiger partial charge in [-0.25, -0.2) is 0 Å².